The van der Waals surface area contributed by atoms with Gasteiger partial charge in [-0.1, -0.05) is 13.8 Å². The monoisotopic (exact) mass is 117 g/mol. The van der Waals surface area contributed by atoms with E-state index in [0.29, 0.717) is 5.92 Å². The molecule has 0 aromatic heterocycles. The Morgan fingerprint density at radius 3 is 2.43 bits per heavy atom. The fourth-order valence-corrected chi connectivity index (χ4v) is 0.352. The lowest BCUT2D eigenvalue weighted by atomic mass is 10.2. The molecule has 2 heteroatoms. The Labute approximate surface area is 50.4 Å². The molecule has 0 unspecified atom stereocenters. The first-order valence-corrected chi connectivity index (χ1v) is 2.83. The molecular formula is C5H11NS. The van der Waals surface area contributed by atoms with Crippen molar-refractivity contribution < 1.29 is 0 Å². The van der Waals surface area contributed by atoms with Gasteiger partial charge in [0.1, 0.15) is 0 Å². The lowest BCUT2D eigenvalue weighted by molar-refractivity contribution is 0.691. The predicted octanol–water partition coefficient (Wildman–Crippen LogP) is 1.95. The van der Waals surface area contributed by atoms with Crippen LogP contribution in [0.2, 0.25) is 0 Å². The van der Waals surface area contributed by atoms with Gasteiger partial charge in [-0.15, -0.1) is 0 Å². The standard InChI is InChI=1S/C5H11NS/c1-5(2)3-4-6-7/h4-5,7H,3H2,1-2H3. The zero-order valence-electron chi connectivity index (χ0n) is 4.76. The van der Waals surface area contributed by atoms with Crippen LogP contribution in [0.25, 0.3) is 0 Å². The normalized spacial score (nSPS) is 11.4. The molecule has 0 rings (SSSR count). The molecule has 0 aliphatic carbocycles. The maximum Gasteiger partial charge on any atom is 0.0125 e. The van der Waals surface area contributed by atoms with E-state index < -0.39 is 0 Å². The Hall–Kier alpha value is 0.0200. The first kappa shape index (κ1) is 7.02. The summed E-state index contributed by atoms with van der Waals surface area (Å²) in [5, 5.41) is 0. The van der Waals surface area contributed by atoms with Crippen LogP contribution < -0.4 is 0 Å². The summed E-state index contributed by atoms with van der Waals surface area (Å²) in [4.78, 5) is 0. The fourth-order valence-electron chi connectivity index (χ4n) is 0.258. The smallest absolute Gasteiger partial charge is 0.0125 e. The van der Waals surface area contributed by atoms with Gasteiger partial charge in [-0.25, -0.2) is 4.40 Å². The van der Waals surface area contributed by atoms with Crippen LogP contribution in [0.4, 0.5) is 0 Å². The van der Waals surface area contributed by atoms with Crippen molar-refractivity contribution in [2.45, 2.75) is 20.3 Å². The highest BCUT2D eigenvalue weighted by Crippen LogP contribution is 1.94. The van der Waals surface area contributed by atoms with E-state index in [-0.39, 0.29) is 0 Å². The lowest BCUT2D eigenvalue weighted by Gasteiger charge is -1.92. The average Bonchev–Trinajstić information content (AvgIpc) is 1.61. The molecule has 0 amide bonds. The van der Waals surface area contributed by atoms with E-state index in [2.05, 4.69) is 31.1 Å². The highest BCUT2D eigenvalue weighted by atomic mass is 32.1. The van der Waals surface area contributed by atoms with Crippen molar-refractivity contribution in [3.05, 3.63) is 0 Å². The molecule has 0 aliphatic heterocycles. The van der Waals surface area contributed by atoms with Crippen LogP contribution >= 0.6 is 12.8 Å². The molecule has 7 heavy (non-hydrogen) atoms. The Bertz CT molecular complexity index is 59.1. The summed E-state index contributed by atoms with van der Waals surface area (Å²) < 4.78 is 3.55. The highest BCUT2D eigenvalue weighted by molar-refractivity contribution is 7.78. The summed E-state index contributed by atoms with van der Waals surface area (Å²) in [7, 11) is 0. The summed E-state index contributed by atoms with van der Waals surface area (Å²) in [5.41, 5.74) is 0. The van der Waals surface area contributed by atoms with E-state index in [1.54, 1.807) is 0 Å². The quantitative estimate of drug-likeness (QED) is 0.419. The van der Waals surface area contributed by atoms with Gasteiger partial charge in [-0.05, 0) is 25.2 Å². The number of hydrogen-bond acceptors (Lipinski definition) is 2. The molecule has 0 atom stereocenters. The molecule has 42 valence electrons. The number of hydrogen-bond donors (Lipinski definition) is 1. The third-order valence-electron chi connectivity index (χ3n) is 0.658. The second kappa shape index (κ2) is 4.19. The molecule has 0 N–H and O–H groups in total. The minimum Gasteiger partial charge on any atom is -0.232 e. The second-order valence-corrected chi connectivity index (χ2v) is 2.16. The van der Waals surface area contributed by atoms with E-state index in [1.165, 1.54) is 0 Å². The van der Waals surface area contributed by atoms with Crippen molar-refractivity contribution in [2.24, 2.45) is 10.3 Å². The zero-order valence-corrected chi connectivity index (χ0v) is 5.65. The minimum atomic E-state index is 0.705. The van der Waals surface area contributed by atoms with Crippen LogP contribution in [0.3, 0.4) is 0 Å². The van der Waals surface area contributed by atoms with Crippen LogP contribution in [-0.4, -0.2) is 6.21 Å². The predicted molar refractivity (Wildman–Crippen MR) is 36.9 cm³/mol. The van der Waals surface area contributed by atoms with Gasteiger partial charge in [-0.2, -0.15) is 0 Å². The maximum absolute atomic E-state index is 3.66. The average molecular weight is 117 g/mol. The first-order valence-electron chi connectivity index (χ1n) is 2.43. The van der Waals surface area contributed by atoms with Crippen LogP contribution in [0.1, 0.15) is 20.3 Å². The zero-order chi connectivity index (χ0) is 5.70. The van der Waals surface area contributed by atoms with Crippen molar-refractivity contribution in [3.63, 3.8) is 0 Å². The van der Waals surface area contributed by atoms with Crippen molar-refractivity contribution in [1.29, 1.82) is 0 Å². The van der Waals surface area contributed by atoms with Gasteiger partial charge in [0, 0.05) is 6.21 Å². The Balaban J connectivity index is 2.97. The van der Waals surface area contributed by atoms with Gasteiger partial charge >= 0.3 is 0 Å². The lowest BCUT2D eigenvalue weighted by Crippen LogP contribution is -1.84. The molecule has 0 radical (unpaired) electrons. The van der Waals surface area contributed by atoms with Gasteiger partial charge in [0.25, 0.3) is 0 Å². The van der Waals surface area contributed by atoms with Gasteiger partial charge in [0.05, 0.1) is 0 Å². The van der Waals surface area contributed by atoms with Crippen molar-refractivity contribution >= 4 is 19.0 Å². The summed E-state index contributed by atoms with van der Waals surface area (Å²) in [6.45, 7) is 4.30. The van der Waals surface area contributed by atoms with Crippen LogP contribution in [0.15, 0.2) is 4.40 Å². The van der Waals surface area contributed by atoms with Crippen LogP contribution in [0.5, 0.6) is 0 Å². The summed E-state index contributed by atoms with van der Waals surface area (Å²) >= 11 is 3.66. The topological polar surface area (TPSA) is 12.4 Å². The van der Waals surface area contributed by atoms with E-state index in [9.17, 15) is 0 Å². The van der Waals surface area contributed by atoms with Gasteiger partial charge in [0.15, 0.2) is 0 Å². The third kappa shape index (κ3) is 6.02. The summed E-state index contributed by atoms with van der Waals surface area (Å²) in [6.07, 6.45) is 2.84. The van der Waals surface area contributed by atoms with Crippen molar-refractivity contribution in [3.8, 4) is 0 Å². The SMILES string of the molecule is CC(C)CC=NS. The van der Waals surface area contributed by atoms with Crippen LogP contribution in [0, 0.1) is 5.92 Å². The highest BCUT2D eigenvalue weighted by Gasteiger charge is 1.85. The Kier molecular flexibility index (Phi) is 4.20. The van der Waals surface area contributed by atoms with E-state index in [4.69, 9.17) is 0 Å². The molecule has 1 nitrogen and oxygen atoms in total. The van der Waals surface area contributed by atoms with E-state index in [1.807, 2.05) is 6.21 Å². The van der Waals surface area contributed by atoms with Gasteiger partial charge in [-0.3, -0.25) is 0 Å². The number of rotatable bonds is 2. The number of nitrogens with zero attached hydrogens (tertiary/aromatic N) is 1. The third-order valence-corrected chi connectivity index (χ3v) is 0.822. The van der Waals surface area contributed by atoms with Crippen molar-refractivity contribution in [2.75, 3.05) is 0 Å². The molecule has 0 heterocycles. The van der Waals surface area contributed by atoms with Gasteiger partial charge < -0.3 is 0 Å². The first-order chi connectivity index (χ1) is 3.27. The molecule has 0 aromatic carbocycles. The fraction of sp³-hybridized carbons (Fsp3) is 0.800. The Morgan fingerprint density at radius 2 is 2.29 bits per heavy atom. The largest absolute Gasteiger partial charge is 0.232 e. The van der Waals surface area contributed by atoms with Crippen molar-refractivity contribution in [1.82, 2.24) is 0 Å². The molecule has 0 bridgehead atoms. The van der Waals surface area contributed by atoms with E-state index in [0.717, 1.165) is 6.42 Å². The molecule has 0 aliphatic rings. The Morgan fingerprint density at radius 1 is 1.71 bits per heavy atom. The molecule has 0 saturated heterocycles. The molecule has 0 saturated carbocycles. The summed E-state index contributed by atoms with van der Waals surface area (Å²) in [6, 6.07) is 0. The summed E-state index contributed by atoms with van der Waals surface area (Å²) in [5.74, 6) is 0.705. The molecule has 0 spiro atoms. The van der Waals surface area contributed by atoms with E-state index >= 15 is 0 Å². The molecular weight excluding hydrogens is 106 g/mol. The minimum absolute atomic E-state index is 0.705. The maximum atomic E-state index is 3.66. The molecule has 0 fully saturated rings. The van der Waals surface area contributed by atoms with Crippen LogP contribution in [-0.2, 0) is 0 Å². The second-order valence-electron chi connectivity index (χ2n) is 1.93. The van der Waals surface area contributed by atoms with Gasteiger partial charge in [0.2, 0.25) is 0 Å². The molecule has 0 aromatic rings. The number of thiol groups is 1.